The fourth-order valence-electron chi connectivity index (χ4n) is 2.56. The van der Waals surface area contributed by atoms with Crippen molar-refractivity contribution < 1.29 is 4.74 Å². The molecule has 0 aliphatic carbocycles. The predicted molar refractivity (Wildman–Crippen MR) is 86.6 cm³/mol. The zero-order valence-corrected chi connectivity index (χ0v) is 13.2. The molecule has 0 aromatic carbocycles. The predicted octanol–water partition coefficient (Wildman–Crippen LogP) is 1.47. The van der Waals surface area contributed by atoms with Crippen LogP contribution in [-0.2, 0) is 0 Å². The molecule has 3 rings (SSSR count). The van der Waals surface area contributed by atoms with Gasteiger partial charge in [0.2, 0.25) is 0 Å². The summed E-state index contributed by atoms with van der Waals surface area (Å²) in [6.07, 6.45) is 5.87. The highest BCUT2D eigenvalue weighted by Gasteiger charge is 2.26. The van der Waals surface area contributed by atoms with Crippen LogP contribution >= 0.6 is 0 Å². The molecular weight excluding hydrogens is 292 g/mol. The van der Waals surface area contributed by atoms with Crippen molar-refractivity contribution in [3.63, 3.8) is 0 Å². The van der Waals surface area contributed by atoms with E-state index in [0.717, 1.165) is 36.9 Å². The van der Waals surface area contributed by atoms with E-state index in [-0.39, 0.29) is 6.10 Å². The van der Waals surface area contributed by atoms with E-state index in [1.54, 1.807) is 12.4 Å². The Morgan fingerprint density at radius 3 is 2.87 bits per heavy atom. The number of hydrogen-bond acceptors (Lipinski definition) is 7. The zero-order valence-electron chi connectivity index (χ0n) is 13.2. The molecule has 2 aromatic heterocycles. The van der Waals surface area contributed by atoms with Gasteiger partial charge in [-0.25, -0.2) is 15.0 Å². The normalized spacial score (nSPS) is 16.9. The Morgan fingerprint density at radius 2 is 2.17 bits per heavy atom. The molecule has 7 heteroatoms. The van der Waals surface area contributed by atoms with Crippen LogP contribution in [0.15, 0.2) is 30.7 Å². The zero-order chi connectivity index (χ0) is 16.2. The molecule has 1 aliphatic heterocycles. The molecule has 0 spiro atoms. The number of anilines is 2. The maximum absolute atomic E-state index is 8.77. The smallest absolute Gasteiger partial charge is 0.170 e. The highest BCUT2D eigenvalue weighted by atomic mass is 16.5. The first-order valence-corrected chi connectivity index (χ1v) is 7.43. The summed E-state index contributed by atoms with van der Waals surface area (Å²) < 4.78 is 6.12. The molecule has 0 unspecified atom stereocenters. The third-order valence-electron chi connectivity index (χ3n) is 3.69. The fraction of sp³-hybridized carbons (Fsp3) is 0.375. The fourth-order valence-corrected chi connectivity index (χ4v) is 2.56. The minimum Gasteiger partial charge on any atom is -0.485 e. The molecule has 2 aromatic rings. The number of rotatable bonds is 4. The summed E-state index contributed by atoms with van der Waals surface area (Å²) in [5.74, 6) is 2.38. The van der Waals surface area contributed by atoms with Gasteiger partial charge in [0.15, 0.2) is 17.3 Å². The average molecular weight is 310 g/mol. The van der Waals surface area contributed by atoms with Crippen LogP contribution in [-0.4, -0.2) is 48.2 Å². The maximum Gasteiger partial charge on any atom is 0.170 e. The van der Waals surface area contributed by atoms with Gasteiger partial charge in [0, 0.05) is 33.3 Å². The molecule has 0 bridgehead atoms. The van der Waals surface area contributed by atoms with Crippen molar-refractivity contribution in [2.24, 2.45) is 0 Å². The lowest BCUT2D eigenvalue weighted by Gasteiger charge is -2.20. The van der Waals surface area contributed by atoms with Crippen LogP contribution in [0.3, 0.4) is 0 Å². The molecular formula is C16H18N6O. The summed E-state index contributed by atoms with van der Waals surface area (Å²) in [5, 5.41) is 8.77. The first-order chi connectivity index (χ1) is 11.2. The van der Waals surface area contributed by atoms with Crippen LogP contribution < -0.4 is 14.5 Å². The Labute approximate surface area is 135 Å². The minimum absolute atomic E-state index is 0.0790. The summed E-state index contributed by atoms with van der Waals surface area (Å²) in [4.78, 5) is 16.8. The molecule has 0 saturated carbocycles. The van der Waals surface area contributed by atoms with Crippen LogP contribution in [0.4, 0.5) is 11.6 Å². The first-order valence-electron chi connectivity index (χ1n) is 7.43. The Morgan fingerprint density at radius 1 is 1.30 bits per heavy atom. The second-order valence-corrected chi connectivity index (χ2v) is 5.57. The van der Waals surface area contributed by atoms with Crippen molar-refractivity contribution in [3.8, 4) is 11.8 Å². The lowest BCUT2D eigenvalue weighted by atomic mass is 10.3. The van der Waals surface area contributed by atoms with E-state index in [4.69, 9.17) is 10.00 Å². The number of aromatic nitrogens is 3. The molecule has 1 aliphatic rings. The van der Waals surface area contributed by atoms with Gasteiger partial charge in [0.1, 0.15) is 18.0 Å². The molecule has 0 amide bonds. The number of pyridine rings is 1. The van der Waals surface area contributed by atoms with Crippen LogP contribution in [0.1, 0.15) is 12.1 Å². The van der Waals surface area contributed by atoms with E-state index in [0.29, 0.717) is 5.69 Å². The summed E-state index contributed by atoms with van der Waals surface area (Å²) in [6, 6.07) is 5.79. The number of nitriles is 1. The van der Waals surface area contributed by atoms with Gasteiger partial charge in [-0.1, -0.05) is 0 Å². The van der Waals surface area contributed by atoms with E-state index in [2.05, 4.69) is 19.9 Å². The number of ether oxygens (including phenoxy) is 1. The largest absolute Gasteiger partial charge is 0.485 e. The molecule has 118 valence electrons. The van der Waals surface area contributed by atoms with Crippen molar-refractivity contribution >= 4 is 11.6 Å². The number of nitrogens with zero attached hydrogens (tertiary/aromatic N) is 6. The Bertz CT molecular complexity index is 709. The summed E-state index contributed by atoms with van der Waals surface area (Å²) in [7, 11) is 3.89. The Hall–Kier alpha value is -2.88. The van der Waals surface area contributed by atoms with Crippen LogP contribution in [0.2, 0.25) is 0 Å². The lowest BCUT2D eigenvalue weighted by Crippen LogP contribution is -2.26. The molecule has 0 radical (unpaired) electrons. The lowest BCUT2D eigenvalue weighted by molar-refractivity contribution is 0.225. The monoisotopic (exact) mass is 310 g/mol. The molecule has 1 fully saturated rings. The molecule has 23 heavy (non-hydrogen) atoms. The van der Waals surface area contributed by atoms with Gasteiger partial charge in [-0.05, 0) is 12.1 Å². The Balaban J connectivity index is 1.67. The molecule has 0 N–H and O–H groups in total. The van der Waals surface area contributed by atoms with Crippen LogP contribution in [0.25, 0.3) is 0 Å². The Kier molecular flexibility index (Phi) is 4.24. The van der Waals surface area contributed by atoms with Gasteiger partial charge in [0.25, 0.3) is 0 Å². The van der Waals surface area contributed by atoms with E-state index >= 15 is 0 Å². The van der Waals surface area contributed by atoms with E-state index < -0.39 is 0 Å². The van der Waals surface area contributed by atoms with Crippen molar-refractivity contribution in [1.29, 1.82) is 5.26 Å². The van der Waals surface area contributed by atoms with Gasteiger partial charge in [-0.15, -0.1) is 0 Å². The van der Waals surface area contributed by atoms with E-state index in [1.165, 1.54) is 6.20 Å². The van der Waals surface area contributed by atoms with Gasteiger partial charge < -0.3 is 14.5 Å². The molecule has 3 heterocycles. The highest BCUT2D eigenvalue weighted by Crippen LogP contribution is 2.27. The van der Waals surface area contributed by atoms with Crippen molar-refractivity contribution in [1.82, 2.24) is 15.0 Å². The summed E-state index contributed by atoms with van der Waals surface area (Å²) in [6.45, 7) is 1.59. The van der Waals surface area contributed by atoms with Gasteiger partial charge in [-0.2, -0.15) is 5.26 Å². The highest BCUT2D eigenvalue weighted by molar-refractivity contribution is 5.51. The van der Waals surface area contributed by atoms with E-state index in [9.17, 15) is 0 Å². The minimum atomic E-state index is 0.0790. The molecule has 1 saturated heterocycles. The van der Waals surface area contributed by atoms with Gasteiger partial charge in [-0.3, -0.25) is 0 Å². The van der Waals surface area contributed by atoms with Crippen LogP contribution in [0.5, 0.6) is 5.75 Å². The average Bonchev–Trinajstić information content (AvgIpc) is 3.04. The van der Waals surface area contributed by atoms with E-state index in [1.807, 2.05) is 37.2 Å². The van der Waals surface area contributed by atoms with Crippen molar-refractivity contribution in [2.75, 3.05) is 37.0 Å². The summed E-state index contributed by atoms with van der Waals surface area (Å²) in [5.41, 5.74) is 0.326. The third kappa shape index (κ3) is 3.31. The second kappa shape index (κ2) is 6.48. The molecule has 1 atom stereocenters. The second-order valence-electron chi connectivity index (χ2n) is 5.57. The third-order valence-corrected chi connectivity index (χ3v) is 3.69. The molecule has 7 nitrogen and oxygen atoms in total. The standard InChI is InChI=1S/C16H18N6O/c1-21(2)16-14(4-3-6-18-16)23-13-5-7-22(11-13)15-10-19-12(8-17)9-20-15/h3-4,6,9-10,13H,5,7,11H2,1-2H3/t13-/m1/s1. The SMILES string of the molecule is CN(C)c1ncccc1O[C@@H]1CCN(c2cnc(C#N)cn2)C1. The van der Waals surface area contributed by atoms with Crippen LogP contribution in [0, 0.1) is 11.3 Å². The van der Waals surface area contributed by atoms with Crippen molar-refractivity contribution in [3.05, 3.63) is 36.4 Å². The first kappa shape index (κ1) is 15.0. The van der Waals surface area contributed by atoms with Gasteiger partial charge in [0.05, 0.1) is 18.9 Å². The van der Waals surface area contributed by atoms with Gasteiger partial charge >= 0.3 is 0 Å². The van der Waals surface area contributed by atoms with Crippen molar-refractivity contribution in [2.45, 2.75) is 12.5 Å². The number of hydrogen-bond donors (Lipinski definition) is 0. The summed E-state index contributed by atoms with van der Waals surface area (Å²) >= 11 is 0. The maximum atomic E-state index is 8.77. The topological polar surface area (TPSA) is 78.2 Å². The quantitative estimate of drug-likeness (QED) is 0.846.